The summed E-state index contributed by atoms with van der Waals surface area (Å²) in [5.41, 5.74) is 1.29. The first-order valence-electron chi connectivity index (χ1n) is 10.1. The second-order valence-corrected chi connectivity index (χ2v) is 8.55. The molecular formula is C21H24ClF3N4O2S. The molecule has 174 valence electrons. The molecule has 0 spiro atoms. The maximum atomic E-state index is 12.9. The maximum absolute atomic E-state index is 12.9. The number of nitrogens with zero attached hydrogens (tertiary/aromatic N) is 3. The van der Waals surface area contributed by atoms with Crippen LogP contribution in [0.2, 0.25) is 5.02 Å². The summed E-state index contributed by atoms with van der Waals surface area (Å²) in [7, 11) is 0. The Kier molecular flexibility index (Phi) is 8.50. The van der Waals surface area contributed by atoms with E-state index in [-0.39, 0.29) is 17.2 Å². The van der Waals surface area contributed by atoms with Crippen molar-refractivity contribution < 1.29 is 22.7 Å². The number of ether oxygens (including phenoxy) is 1. The van der Waals surface area contributed by atoms with Gasteiger partial charge >= 0.3 is 6.36 Å². The van der Waals surface area contributed by atoms with Gasteiger partial charge in [0.2, 0.25) is 0 Å². The molecular weight excluding hydrogens is 465 g/mol. The number of aromatic nitrogens is 1. The molecule has 1 N–H and O–H groups in total. The highest BCUT2D eigenvalue weighted by atomic mass is 35.5. The lowest BCUT2D eigenvalue weighted by Gasteiger charge is -2.35. The van der Waals surface area contributed by atoms with Crippen LogP contribution >= 0.6 is 23.5 Å². The predicted octanol–water partition coefficient (Wildman–Crippen LogP) is 5.06. The molecule has 1 aliphatic heterocycles. The van der Waals surface area contributed by atoms with Gasteiger partial charge in [-0.25, -0.2) is 0 Å². The molecule has 11 heteroatoms. The summed E-state index contributed by atoms with van der Waals surface area (Å²) in [6.07, 6.45) is -0.714. The van der Waals surface area contributed by atoms with Crippen molar-refractivity contribution in [2.24, 2.45) is 0 Å². The van der Waals surface area contributed by atoms with Crippen molar-refractivity contribution in [2.75, 3.05) is 36.7 Å². The molecule has 1 amide bonds. The minimum atomic E-state index is -4.85. The molecule has 1 aromatic carbocycles. The van der Waals surface area contributed by atoms with Gasteiger partial charge in [-0.2, -0.15) is 0 Å². The number of amides is 1. The minimum Gasteiger partial charge on any atom is -0.404 e. The summed E-state index contributed by atoms with van der Waals surface area (Å²) < 4.78 is 45.7. The van der Waals surface area contributed by atoms with E-state index in [4.69, 9.17) is 11.6 Å². The Hall–Kier alpha value is -2.17. The zero-order chi connectivity index (χ0) is 23.1. The largest absolute Gasteiger partial charge is 0.573 e. The third-order valence-electron chi connectivity index (χ3n) is 4.85. The number of halogens is 4. The smallest absolute Gasteiger partial charge is 0.404 e. The number of anilines is 1. The Bertz CT molecular complexity index is 924. The van der Waals surface area contributed by atoms with Crippen molar-refractivity contribution in [1.82, 2.24) is 14.8 Å². The van der Waals surface area contributed by atoms with Gasteiger partial charge in [-0.05, 0) is 36.2 Å². The van der Waals surface area contributed by atoms with Crippen LogP contribution in [0.3, 0.4) is 0 Å². The fourth-order valence-electron chi connectivity index (χ4n) is 3.24. The van der Waals surface area contributed by atoms with E-state index < -0.39 is 12.1 Å². The summed E-state index contributed by atoms with van der Waals surface area (Å²) in [6.45, 7) is 4.79. The van der Waals surface area contributed by atoms with E-state index in [0.29, 0.717) is 37.7 Å². The van der Waals surface area contributed by atoms with Gasteiger partial charge in [-0.1, -0.05) is 30.5 Å². The van der Waals surface area contributed by atoms with Crippen LogP contribution in [-0.4, -0.2) is 59.0 Å². The lowest BCUT2D eigenvalue weighted by molar-refractivity contribution is -0.274. The molecule has 0 bridgehead atoms. The number of piperazine rings is 1. The van der Waals surface area contributed by atoms with Crippen LogP contribution in [0.15, 0.2) is 36.7 Å². The molecule has 0 atom stereocenters. The average Bonchev–Trinajstić information content (AvgIpc) is 2.75. The summed E-state index contributed by atoms with van der Waals surface area (Å²) in [6, 6.07) is 5.96. The number of benzene rings is 1. The fraction of sp³-hybridized carbons (Fsp3) is 0.429. The van der Waals surface area contributed by atoms with E-state index in [1.54, 1.807) is 17.3 Å². The van der Waals surface area contributed by atoms with Crippen molar-refractivity contribution in [1.29, 1.82) is 0 Å². The second kappa shape index (κ2) is 11.1. The van der Waals surface area contributed by atoms with Crippen molar-refractivity contribution in [2.45, 2.75) is 26.3 Å². The lowest BCUT2D eigenvalue weighted by Crippen LogP contribution is -2.48. The third kappa shape index (κ3) is 6.91. The van der Waals surface area contributed by atoms with Crippen molar-refractivity contribution in [3.05, 3.63) is 52.8 Å². The monoisotopic (exact) mass is 488 g/mol. The van der Waals surface area contributed by atoms with Crippen LogP contribution in [0, 0.1) is 0 Å². The van der Waals surface area contributed by atoms with E-state index in [1.165, 1.54) is 24.1 Å². The molecule has 1 aromatic heterocycles. The summed E-state index contributed by atoms with van der Waals surface area (Å²) >= 11 is 7.44. The maximum Gasteiger partial charge on any atom is 0.573 e. The van der Waals surface area contributed by atoms with Crippen LogP contribution < -0.4 is 9.46 Å². The Balaban J connectivity index is 1.65. The number of rotatable bonds is 8. The normalized spacial score (nSPS) is 15.0. The average molecular weight is 489 g/mol. The fourth-order valence-corrected chi connectivity index (χ4v) is 4.05. The number of hydrogen-bond acceptors (Lipinski definition) is 6. The molecule has 0 unspecified atom stereocenters. The molecule has 2 aromatic rings. The second-order valence-electron chi connectivity index (χ2n) is 7.24. The van der Waals surface area contributed by atoms with Gasteiger partial charge in [0, 0.05) is 56.4 Å². The van der Waals surface area contributed by atoms with E-state index in [2.05, 4.69) is 19.3 Å². The highest BCUT2D eigenvalue weighted by molar-refractivity contribution is 8.00. The van der Waals surface area contributed by atoms with Gasteiger partial charge in [0.1, 0.15) is 0 Å². The Labute approximate surface area is 194 Å². The van der Waals surface area contributed by atoms with Crippen LogP contribution in [0.5, 0.6) is 5.75 Å². The molecule has 3 rings (SSSR count). The molecule has 0 radical (unpaired) electrons. The van der Waals surface area contributed by atoms with Gasteiger partial charge in [0.15, 0.2) is 5.75 Å². The van der Waals surface area contributed by atoms with E-state index >= 15 is 0 Å². The molecule has 0 aliphatic carbocycles. The van der Waals surface area contributed by atoms with Crippen molar-refractivity contribution >= 4 is 35.1 Å². The third-order valence-corrected chi connectivity index (χ3v) is 6.17. The number of alkyl halides is 3. The topological polar surface area (TPSA) is 57.7 Å². The first kappa shape index (κ1) is 24.5. The van der Waals surface area contributed by atoms with Gasteiger partial charge in [0.25, 0.3) is 5.91 Å². The zero-order valence-electron chi connectivity index (χ0n) is 17.5. The van der Waals surface area contributed by atoms with Crippen molar-refractivity contribution in [3.8, 4) is 5.75 Å². The van der Waals surface area contributed by atoms with Crippen LogP contribution in [-0.2, 0) is 6.54 Å². The molecule has 0 saturated carbocycles. The van der Waals surface area contributed by atoms with E-state index in [0.717, 1.165) is 23.8 Å². The highest BCUT2D eigenvalue weighted by Gasteiger charge is 2.33. The predicted molar refractivity (Wildman–Crippen MR) is 120 cm³/mol. The molecule has 1 fully saturated rings. The van der Waals surface area contributed by atoms with Gasteiger partial charge in [-0.3, -0.25) is 14.7 Å². The summed E-state index contributed by atoms with van der Waals surface area (Å²) in [5, 5.41) is 0.592. The number of carbonyl (C=O) groups is 1. The zero-order valence-corrected chi connectivity index (χ0v) is 19.1. The van der Waals surface area contributed by atoms with Gasteiger partial charge < -0.3 is 14.4 Å². The van der Waals surface area contributed by atoms with E-state index in [9.17, 15) is 18.0 Å². The Morgan fingerprint density at radius 1 is 1.25 bits per heavy atom. The Morgan fingerprint density at radius 2 is 2.00 bits per heavy atom. The Morgan fingerprint density at radius 3 is 2.66 bits per heavy atom. The highest BCUT2D eigenvalue weighted by Crippen LogP contribution is 2.33. The standard InChI is InChI=1S/C21H24ClF3N4O2S/c1-2-11-32-27-18-4-3-15(12-19(18)31-21(23,24)25)20(30)29-9-7-28(8-10-29)14-16-5-6-26-13-17(16)22/h3-6,12-13,27H,2,7-11,14H2,1H3. The molecule has 1 saturated heterocycles. The quantitative estimate of drug-likeness (QED) is 0.414. The van der Waals surface area contributed by atoms with Crippen LogP contribution in [0.25, 0.3) is 0 Å². The number of pyridine rings is 1. The van der Waals surface area contributed by atoms with Crippen LogP contribution in [0.1, 0.15) is 29.3 Å². The minimum absolute atomic E-state index is 0.154. The van der Waals surface area contributed by atoms with Gasteiger partial charge in [-0.15, -0.1) is 13.2 Å². The first-order chi connectivity index (χ1) is 15.3. The number of hydrogen-bond donors (Lipinski definition) is 1. The lowest BCUT2D eigenvalue weighted by atomic mass is 10.1. The first-order valence-corrected chi connectivity index (χ1v) is 11.5. The van der Waals surface area contributed by atoms with E-state index in [1.807, 2.05) is 13.0 Å². The summed E-state index contributed by atoms with van der Waals surface area (Å²) in [5.74, 6) is -0.0227. The molecule has 1 aliphatic rings. The van der Waals surface area contributed by atoms with Gasteiger partial charge in [0.05, 0.1) is 10.7 Å². The summed E-state index contributed by atoms with van der Waals surface area (Å²) in [4.78, 5) is 20.7. The number of carbonyl (C=O) groups excluding carboxylic acids is 1. The van der Waals surface area contributed by atoms with Crippen molar-refractivity contribution in [3.63, 3.8) is 0 Å². The molecule has 2 heterocycles. The molecule has 6 nitrogen and oxygen atoms in total. The number of nitrogens with one attached hydrogen (secondary N) is 1. The van der Waals surface area contributed by atoms with Crippen LogP contribution in [0.4, 0.5) is 18.9 Å². The SMILES string of the molecule is CCCSNc1ccc(C(=O)N2CCN(Cc3ccncc3Cl)CC2)cc1OC(F)(F)F. The molecule has 32 heavy (non-hydrogen) atoms.